The van der Waals surface area contributed by atoms with Crippen LogP contribution in [0.2, 0.25) is 0 Å². The minimum Gasteiger partial charge on any atom is -0.476 e. The molecule has 0 aromatic carbocycles. The van der Waals surface area contributed by atoms with Crippen LogP contribution in [0.3, 0.4) is 0 Å². The second kappa shape index (κ2) is 5.63. The van der Waals surface area contributed by atoms with Crippen LogP contribution in [0.15, 0.2) is 9.72 Å². The van der Waals surface area contributed by atoms with Gasteiger partial charge in [0, 0.05) is 12.6 Å². The molecule has 1 fully saturated rings. The van der Waals surface area contributed by atoms with Gasteiger partial charge in [-0.2, -0.15) is 4.31 Å². The summed E-state index contributed by atoms with van der Waals surface area (Å²) in [6.07, 6.45) is 0.219. The van der Waals surface area contributed by atoms with Crippen LogP contribution in [-0.2, 0) is 19.9 Å². The lowest BCUT2D eigenvalue weighted by Gasteiger charge is -2.25. The number of thiazole rings is 1. The summed E-state index contributed by atoms with van der Waals surface area (Å²) in [4.78, 5) is 14.6. The molecule has 2 rings (SSSR count). The van der Waals surface area contributed by atoms with Crippen molar-refractivity contribution in [2.24, 2.45) is 0 Å². The van der Waals surface area contributed by atoms with E-state index >= 15 is 0 Å². The van der Waals surface area contributed by atoms with Crippen molar-refractivity contribution in [1.29, 1.82) is 0 Å². The maximum atomic E-state index is 12.6. The van der Waals surface area contributed by atoms with Crippen molar-refractivity contribution in [2.45, 2.75) is 23.6 Å². The second-order valence-electron chi connectivity index (χ2n) is 4.56. The van der Waals surface area contributed by atoms with Crippen LogP contribution in [0.1, 0.15) is 23.8 Å². The summed E-state index contributed by atoms with van der Waals surface area (Å²) in [5, 5.41) is 8.99. The number of carboxylic acid groups (broad SMARTS) is 1. The lowest BCUT2D eigenvalue weighted by atomic mass is 10.3. The molecule has 1 aromatic rings. The average Bonchev–Trinajstić information content (AvgIpc) is 2.96. The van der Waals surface area contributed by atoms with Gasteiger partial charge in [0.2, 0.25) is 0 Å². The first-order valence-corrected chi connectivity index (χ1v) is 10.2. The van der Waals surface area contributed by atoms with Crippen LogP contribution in [0, 0.1) is 0 Å². The number of carboxylic acids is 1. The third kappa shape index (κ3) is 3.10. The zero-order chi connectivity index (χ0) is 15.8. The van der Waals surface area contributed by atoms with Crippen molar-refractivity contribution >= 4 is 37.2 Å². The molecule has 1 N–H and O–H groups in total. The van der Waals surface area contributed by atoms with E-state index in [0.29, 0.717) is 11.3 Å². The molecule has 0 amide bonds. The fourth-order valence-corrected chi connectivity index (χ4v) is 7.04. The minimum atomic E-state index is -4.07. The maximum absolute atomic E-state index is 12.6. The number of hydrogen-bond donors (Lipinski definition) is 1. The van der Waals surface area contributed by atoms with Gasteiger partial charge in [0.1, 0.15) is 0 Å². The number of sulfone groups is 1. The molecule has 2 heterocycles. The largest absolute Gasteiger partial charge is 0.476 e. The zero-order valence-electron chi connectivity index (χ0n) is 11.1. The number of sulfonamides is 1. The molecule has 1 atom stereocenters. The Balaban J connectivity index is 2.41. The molecule has 1 unspecified atom stereocenters. The summed E-state index contributed by atoms with van der Waals surface area (Å²) in [5.74, 6) is -1.72. The Bertz CT molecular complexity index is 752. The topological polar surface area (TPSA) is 122 Å². The Morgan fingerprint density at radius 2 is 2.24 bits per heavy atom. The average molecular weight is 354 g/mol. The van der Waals surface area contributed by atoms with Gasteiger partial charge in [-0.25, -0.2) is 26.6 Å². The summed E-state index contributed by atoms with van der Waals surface area (Å²) >= 11 is 0.716. The Morgan fingerprint density at radius 3 is 2.71 bits per heavy atom. The lowest BCUT2D eigenvalue weighted by molar-refractivity contribution is 0.0687. The third-order valence-electron chi connectivity index (χ3n) is 3.21. The second-order valence-corrected chi connectivity index (χ2v) is 9.73. The van der Waals surface area contributed by atoms with E-state index in [4.69, 9.17) is 5.11 Å². The molecule has 11 heteroatoms. The summed E-state index contributed by atoms with van der Waals surface area (Å²) in [6.45, 7) is 1.66. The van der Waals surface area contributed by atoms with Gasteiger partial charge in [-0.1, -0.05) is 6.92 Å². The van der Waals surface area contributed by atoms with Crippen molar-refractivity contribution in [1.82, 2.24) is 9.29 Å². The van der Waals surface area contributed by atoms with Gasteiger partial charge in [0.15, 0.2) is 19.7 Å². The van der Waals surface area contributed by atoms with Crippen LogP contribution < -0.4 is 0 Å². The van der Waals surface area contributed by atoms with Gasteiger partial charge < -0.3 is 5.11 Å². The van der Waals surface area contributed by atoms with Crippen molar-refractivity contribution < 1.29 is 26.7 Å². The van der Waals surface area contributed by atoms with Crippen molar-refractivity contribution in [2.75, 3.05) is 18.1 Å². The molecular formula is C10H14N2O6S3. The minimum absolute atomic E-state index is 0.0574. The number of aromatic carboxylic acids is 1. The summed E-state index contributed by atoms with van der Waals surface area (Å²) in [6, 6.07) is -0.659. The number of hydrogen-bond acceptors (Lipinski definition) is 7. The van der Waals surface area contributed by atoms with E-state index < -0.39 is 37.6 Å². The molecule has 0 radical (unpaired) electrons. The Hall–Kier alpha value is -1.04. The zero-order valence-corrected chi connectivity index (χ0v) is 13.5. The molecule has 21 heavy (non-hydrogen) atoms. The van der Waals surface area contributed by atoms with Crippen LogP contribution in [0.5, 0.6) is 0 Å². The van der Waals surface area contributed by atoms with E-state index in [-0.39, 0.29) is 28.7 Å². The molecule has 0 aliphatic carbocycles. The van der Waals surface area contributed by atoms with Crippen LogP contribution >= 0.6 is 11.3 Å². The Kier molecular flexibility index (Phi) is 4.38. The molecule has 1 saturated heterocycles. The number of aromatic nitrogens is 1. The summed E-state index contributed by atoms with van der Waals surface area (Å²) in [5.41, 5.74) is 0.620. The smallest absolute Gasteiger partial charge is 0.356 e. The number of carbonyl (C=O) groups is 1. The Labute approximate surface area is 126 Å². The first kappa shape index (κ1) is 16.3. The molecule has 1 aromatic heterocycles. The molecule has 1 aliphatic rings. The fourth-order valence-electron chi connectivity index (χ4n) is 2.29. The molecule has 118 valence electrons. The van der Waals surface area contributed by atoms with E-state index in [1.807, 2.05) is 0 Å². The fraction of sp³-hybridized carbons (Fsp3) is 0.600. The number of nitrogens with zero attached hydrogens (tertiary/aromatic N) is 2. The normalized spacial score (nSPS) is 21.7. The summed E-state index contributed by atoms with van der Waals surface area (Å²) in [7, 11) is -7.31. The lowest BCUT2D eigenvalue weighted by Crippen LogP contribution is -2.41. The van der Waals surface area contributed by atoms with Gasteiger partial charge >= 0.3 is 5.97 Å². The molecule has 0 spiro atoms. The van der Waals surface area contributed by atoms with Gasteiger partial charge in [-0.3, -0.25) is 0 Å². The van der Waals surface area contributed by atoms with E-state index in [0.717, 1.165) is 9.82 Å². The predicted molar refractivity (Wildman–Crippen MR) is 75.7 cm³/mol. The van der Waals surface area contributed by atoms with Gasteiger partial charge in [-0.15, -0.1) is 11.3 Å². The standard InChI is InChI=1S/C10H14N2O6S3/c1-2-12(7-3-4-20(15,16)5-7)21(17,18)10-8(9(13)14)11-6-19-10/h6-7H,2-5H2,1H3,(H,13,14). The maximum Gasteiger partial charge on any atom is 0.356 e. The van der Waals surface area contributed by atoms with Crippen molar-refractivity contribution in [3.05, 3.63) is 11.2 Å². The van der Waals surface area contributed by atoms with Crippen LogP contribution in [0.4, 0.5) is 0 Å². The SMILES string of the molecule is CCN(C1CCS(=O)(=O)C1)S(=O)(=O)c1scnc1C(=O)O. The van der Waals surface area contributed by atoms with Crippen molar-refractivity contribution in [3.63, 3.8) is 0 Å². The van der Waals surface area contributed by atoms with E-state index in [1.54, 1.807) is 6.92 Å². The first-order chi connectivity index (χ1) is 9.69. The summed E-state index contributed by atoms with van der Waals surface area (Å²) < 4.78 is 48.9. The van der Waals surface area contributed by atoms with Gasteiger partial charge in [0.05, 0.1) is 17.0 Å². The van der Waals surface area contributed by atoms with Gasteiger partial charge in [0.25, 0.3) is 10.0 Å². The van der Waals surface area contributed by atoms with E-state index in [9.17, 15) is 21.6 Å². The number of rotatable bonds is 5. The van der Waals surface area contributed by atoms with E-state index in [1.165, 1.54) is 0 Å². The van der Waals surface area contributed by atoms with E-state index in [2.05, 4.69) is 4.98 Å². The predicted octanol–water partition coefficient (Wildman–Crippen LogP) is 0.0390. The van der Waals surface area contributed by atoms with Crippen molar-refractivity contribution in [3.8, 4) is 0 Å². The quantitative estimate of drug-likeness (QED) is 0.792. The molecule has 8 nitrogen and oxygen atoms in total. The molecule has 0 saturated carbocycles. The molecule has 0 bridgehead atoms. The molecule has 1 aliphatic heterocycles. The highest BCUT2D eigenvalue weighted by molar-refractivity contribution is 7.92. The van der Waals surface area contributed by atoms with Crippen LogP contribution in [-0.4, -0.2) is 61.3 Å². The highest BCUT2D eigenvalue weighted by Gasteiger charge is 2.40. The highest BCUT2D eigenvalue weighted by Crippen LogP contribution is 2.28. The first-order valence-electron chi connectivity index (χ1n) is 6.08. The third-order valence-corrected chi connectivity index (χ3v) is 8.33. The van der Waals surface area contributed by atoms with Crippen LogP contribution in [0.25, 0.3) is 0 Å². The monoisotopic (exact) mass is 354 g/mol. The molecular weight excluding hydrogens is 340 g/mol. The van der Waals surface area contributed by atoms with Gasteiger partial charge in [-0.05, 0) is 6.42 Å². The Morgan fingerprint density at radius 1 is 1.57 bits per heavy atom. The highest BCUT2D eigenvalue weighted by atomic mass is 32.2.